The Morgan fingerprint density at radius 1 is 0.921 bits per heavy atom. The smallest absolute Gasteiger partial charge is 0.490 e. The average molecular weight is 925 g/mol. The van der Waals surface area contributed by atoms with Crippen LogP contribution in [0.1, 0.15) is 60.1 Å². The van der Waals surface area contributed by atoms with E-state index in [9.17, 15) is 36.7 Å². The zero-order valence-electron chi connectivity index (χ0n) is 33.8. The molecular weight excluding hydrogens is 880 g/mol. The lowest BCUT2D eigenvalue weighted by Gasteiger charge is -2.44. The molecule has 1 N–H and O–H groups in total. The zero-order chi connectivity index (χ0) is 45.4. The van der Waals surface area contributed by atoms with E-state index in [0.717, 1.165) is 69.0 Å². The minimum Gasteiger partial charge on any atom is -0.619 e. The van der Waals surface area contributed by atoms with Gasteiger partial charge < -0.3 is 34.2 Å². The molecule has 1 saturated carbocycles. The lowest BCUT2D eigenvalue weighted by molar-refractivity contribution is -0.605. The molecule has 4 aliphatic rings. The highest BCUT2D eigenvalue weighted by molar-refractivity contribution is 6.35. The van der Waals surface area contributed by atoms with Gasteiger partial charge in [0.1, 0.15) is 22.3 Å². The number of aromatic nitrogens is 1. The van der Waals surface area contributed by atoms with E-state index in [0.29, 0.717) is 39.9 Å². The number of hydrogen-bond acceptors (Lipinski definition) is 10. The summed E-state index contributed by atoms with van der Waals surface area (Å²) in [6.07, 6.45) is -0.0508. The number of carboxylic acid groups (broad SMARTS) is 1. The minimum atomic E-state index is -5.08. The second kappa shape index (κ2) is 20.9. The summed E-state index contributed by atoms with van der Waals surface area (Å²) in [6.45, 7) is 0.0970. The first kappa shape index (κ1) is 47.1. The molecule has 3 atom stereocenters. The number of likely N-dealkylation sites (N-methyl/N-ethyl adjacent to an activating group) is 1. The van der Waals surface area contributed by atoms with Crippen LogP contribution in [0.15, 0.2) is 85.2 Å². The summed E-state index contributed by atoms with van der Waals surface area (Å²) in [5, 5.41) is 19.2. The molecule has 4 fully saturated rings. The van der Waals surface area contributed by atoms with Crippen molar-refractivity contribution in [3.63, 3.8) is 0 Å². The SMILES string of the molecule is CN(c1ccc(CC(=O)O[C@@H](Cc2c(Cl)c[n+]([O-])cc2Cl)c2ccc(OC(F)F)c(OCC3CC3)c2)cc1)C(C(=O)O[C@H]1CN2CCC1CC2)c1ccccc1.O=C(O)C(F)(F)F. The quantitative estimate of drug-likeness (QED) is 0.0500. The number of benzene rings is 3. The van der Waals surface area contributed by atoms with Crippen molar-refractivity contribution in [2.75, 3.05) is 38.2 Å². The molecule has 0 amide bonds. The van der Waals surface area contributed by atoms with E-state index in [1.54, 1.807) is 12.1 Å². The number of alkyl halides is 5. The largest absolute Gasteiger partial charge is 0.619 e. The molecule has 3 aromatic carbocycles. The van der Waals surface area contributed by atoms with Crippen LogP contribution in [0.4, 0.5) is 27.6 Å². The van der Waals surface area contributed by atoms with Gasteiger partial charge in [0.25, 0.3) is 0 Å². The summed E-state index contributed by atoms with van der Waals surface area (Å²) in [5.41, 5.74) is 2.98. The van der Waals surface area contributed by atoms with E-state index in [1.165, 1.54) is 18.2 Å². The molecule has 3 aliphatic heterocycles. The molecule has 0 radical (unpaired) electrons. The Bertz CT molecular complexity index is 2190. The van der Waals surface area contributed by atoms with E-state index >= 15 is 0 Å². The third kappa shape index (κ3) is 13.1. The second-order valence-electron chi connectivity index (χ2n) is 15.5. The standard InChI is InChI=1S/C42H43Cl2F2N3O7.C2HF3O2/c1-47(40(29-5-3-2-4-6-29)41(51)55-38-24-48-17-15-28(38)16-18-48)31-12-9-26(10-13-31)19-39(50)54-36(21-32-33(43)22-49(52)23-34(32)44)30-11-14-35(56-42(45)46)37(20-30)53-25-27-7-8-27;3-2(4,5)1(6)7/h2-6,9-14,20,22-23,27-28,36,38,40,42H,7-8,15-19,21,24-25H2,1H3;(H,6,7)/t36-,38-,40?;/m0./s1. The molecule has 19 heteroatoms. The third-order valence-electron chi connectivity index (χ3n) is 11.0. The molecule has 1 aliphatic carbocycles. The highest BCUT2D eigenvalue weighted by Crippen LogP contribution is 2.38. The fourth-order valence-corrected chi connectivity index (χ4v) is 8.04. The van der Waals surface area contributed by atoms with Crippen LogP contribution in [-0.4, -0.2) is 80.1 Å². The van der Waals surface area contributed by atoms with Gasteiger partial charge in [-0.1, -0.05) is 71.7 Å². The van der Waals surface area contributed by atoms with E-state index in [1.807, 2.05) is 54.4 Å². The van der Waals surface area contributed by atoms with Gasteiger partial charge in [0, 0.05) is 31.3 Å². The van der Waals surface area contributed by atoms with Crippen LogP contribution >= 0.6 is 23.2 Å². The summed E-state index contributed by atoms with van der Waals surface area (Å²) in [6, 6.07) is 20.4. The molecule has 0 spiro atoms. The number of halogens is 7. The summed E-state index contributed by atoms with van der Waals surface area (Å²) < 4.78 is 81.6. The molecule has 12 nitrogen and oxygen atoms in total. The van der Waals surface area contributed by atoms with Crippen LogP contribution in [0.2, 0.25) is 10.0 Å². The van der Waals surface area contributed by atoms with Crippen molar-refractivity contribution in [2.24, 2.45) is 11.8 Å². The van der Waals surface area contributed by atoms with Crippen molar-refractivity contribution in [3.8, 4) is 11.5 Å². The fraction of sp³-hybridized carbons (Fsp3) is 0.409. The van der Waals surface area contributed by atoms with E-state index in [4.69, 9.17) is 52.1 Å². The predicted octanol–water partition coefficient (Wildman–Crippen LogP) is 8.53. The molecule has 8 rings (SSSR count). The maximum atomic E-state index is 13.9. The number of nitrogens with zero attached hydrogens (tertiary/aromatic N) is 3. The van der Waals surface area contributed by atoms with Gasteiger partial charge in [-0.3, -0.25) is 9.69 Å². The lowest BCUT2D eigenvalue weighted by Crippen LogP contribution is -2.52. The molecular formula is C44H44Cl2F5N3O9. The van der Waals surface area contributed by atoms with Crippen LogP contribution in [0, 0.1) is 17.0 Å². The van der Waals surface area contributed by atoms with Crippen LogP contribution in [0.5, 0.6) is 11.5 Å². The molecule has 4 heterocycles. The van der Waals surface area contributed by atoms with Crippen LogP contribution < -0.4 is 19.1 Å². The van der Waals surface area contributed by atoms with E-state index < -0.39 is 36.9 Å². The van der Waals surface area contributed by atoms with Crippen molar-refractivity contribution >= 4 is 46.8 Å². The number of anilines is 1. The number of carboxylic acids is 1. The fourth-order valence-electron chi connectivity index (χ4n) is 7.44. The van der Waals surface area contributed by atoms with Gasteiger partial charge in [0.2, 0.25) is 0 Å². The number of aliphatic carboxylic acids is 1. The van der Waals surface area contributed by atoms with Gasteiger partial charge in [-0.05, 0) is 91.6 Å². The Morgan fingerprint density at radius 2 is 1.56 bits per heavy atom. The summed E-state index contributed by atoms with van der Waals surface area (Å²) in [4.78, 5) is 40.6. The normalized spacial score (nSPS) is 19.0. The molecule has 3 saturated heterocycles. The Labute approximate surface area is 369 Å². The minimum absolute atomic E-state index is 0.0261. The molecule has 1 aromatic heterocycles. The first-order valence-corrected chi connectivity index (χ1v) is 20.8. The van der Waals surface area contributed by atoms with Crippen molar-refractivity contribution < 1.29 is 65.1 Å². The van der Waals surface area contributed by atoms with E-state index in [2.05, 4.69) is 4.90 Å². The molecule has 2 bridgehead atoms. The first-order valence-electron chi connectivity index (χ1n) is 20.0. The van der Waals surface area contributed by atoms with Crippen LogP contribution in [0.3, 0.4) is 0 Å². The summed E-state index contributed by atoms with van der Waals surface area (Å²) in [5.74, 6) is -3.02. The van der Waals surface area contributed by atoms with Gasteiger partial charge in [-0.2, -0.15) is 26.7 Å². The highest BCUT2D eigenvalue weighted by atomic mass is 35.5. The number of piperidine rings is 3. The Morgan fingerprint density at radius 3 is 2.11 bits per heavy atom. The number of carbonyl (C=O) groups is 3. The first-order chi connectivity index (χ1) is 29.9. The maximum Gasteiger partial charge on any atom is 0.490 e. The summed E-state index contributed by atoms with van der Waals surface area (Å²) >= 11 is 12.8. The van der Waals surface area contributed by atoms with Crippen molar-refractivity contribution in [1.82, 2.24) is 4.90 Å². The topological polar surface area (TPSA) is 142 Å². The van der Waals surface area contributed by atoms with Gasteiger partial charge in [0.15, 0.2) is 29.9 Å². The second-order valence-corrected chi connectivity index (χ2v) is 16.3. The predicted molar refractivity (Wildman–Crippen MR) is 220 cm³/mol. The van der Waals surface area contributed by atoms with Gasteiger partial charge >= 0.3 is 30.7 Å². The average Bonchev–Trinajstić information content (AvgIpc) is 4.07. The number of fused-ring (bicyclic) bond motifs is 3. The highest BCUT2D eigenvalue weighted by Gasteiger charge is 2.39. The Hall–Kier alpha value is -5.39. The van der Waals surface area contributed by atoms with Crippen LogP contribution in [0.25, 0.3) is 0 Å². The molecule has 4 aromatic rings. The van der Waals surface area contributed by atoms with Crippen molar-refractivity contribution in [2.45, 2.75) is 69.6 Å². The monoisotopic (exact) mass is 923 g/mol. The number of carbonyl (C=O) groups excluding carboxylic acids is 2. The van der Waals surface area contributed by atoms with Crippen molar-refractivity contribution in [1.29, 1.82) is 0 Å². The van der Waals surface area contributed by atoms with Crippen molar-refractivity contribution in [3.05, 3.63) is 123 Å². The molecule has 1 unspecified atom stereocenters. The lowest BCUT2D eigenvalue weighted by atomic mass is 9.86. The van der Waals surface area contributed by atoms with Gasteiger partial charge in [-0.25, -0.2) is 9.59 Å². The number of esters is 2. The molecule has 338 valence electrons. The van der Waals surface area contributed by atoms with Crippen LogP contribution in [-0.2, 0) is 36.7 Å². The van der Waals surface area contributed by atoms with E-state index in [-0.39, 0.29) is 46.5 Å². The Balaban J connectivity index is 0.000000871. The molecule has 63 heavy (non-hydrogen) atoms. The Kier molecular flexibility index (Phi) is 15.6. The summed E-state index contributed by atoms with van der Waals surface area (Å²) in [7, 11) is 1.84. The third-order valence-corrected chi connectivity index (χ3v) is 11.6. The van der Waals surface area contributed by atoms with Gasteiger partial charge in [-0.15, -0.1) is 0 Å². The zero-order valence-corrected chi connectivity index (χ0v) is 35.3. The number of rotatable bonds is 16. The number of ether oxygens (including phenoxy) is 4. The number of hydrogen-bond donors (Lipinski definition) is 1. The number of pyridine rings is 1. The van der Waals surface area contributed by atoms with Gasteiger partial charge in [0.05, 0.1) is 13.0 Å². The maximum absolute atomic E-state index is 13.9.